The van der Waals surface area contributed by atoms with Gasteiger partial charge in [0.15, 0.2) is 0 Å². The van der Waals surface area contributed by atoms with Gasteiger partial charge in [-0.05, 0) is 43.3 Å². The first kappa shape index (κ1) is 18.2. The maximum Gasteiger partial charge on any atom is 0.133 e. The Morgan fingerprint density at radius 2 is 1.62 bits per heavy atom. The largest absolute Gasteiger partial charge is 0.492 e. The molecule has 26 heavy (non-hydrogen) atoms. The number of pyridine rings is 1. The highest BCUT2D eigenvalue weighted by Gasteiger charge is 2.07. The van der Waals surface area contributed by atoms with Gasteiger partial charge in [0.05, 0.1) is 5.03 Å². The Bertz CT molecular complexity index is 824. The first-order valence-corrected chi connectivity index (χ1v) is 8.91. The van der Waals surface area contributed by atoms with Crippen LogP contribution in [-0.4, -0.2) is 16.8 Å². The zero-order valence-electron chi connectivity index (χ0n) is 14.1. The van der Waals surface area contributed by atoms with Crippen LogP contribution in [0.3, 0.4) is 0 Å². The lowest BCUT2D eigenvalue weighted by molar-refractivity contribution is 0.321. The molecule has 1 aromatic heterocycles. The van der Waals surface area contributed by atoms with Gasteiger partial charge < -0.3 is 9.47 Å². The number of halogens is 2. The van der Waals surface area contributed by atoms with Crippen molar-refractivity contribution in [2.45, 2.75) is 17.2 Å². The van der Waals surface area contributed by atoms with Gasteiger partial charge in [-0.3, -0.25) is 0 Å². The van der Waals surface area contributed by atoms with Crippen molar-refractivity contribution in [1.82, 2.24) is 4.98 Å². The number of benzene rings is 2. The van der Waals surface area contributed by atoms with Crippen LogP contribution in [-0.2, 0) is 0 Å². The summed E-state index contributed by atoms with van der Waals surface area (Å²) in [5.74, 6) is -0.0928. The Morgan fingerprint density at radius 1 is 0.923 bits per heavy atom. The van der Waals surface area contributed by atoms with Crippen molar-refractivity contribution in [3.63, 3.8) is 0 Å². The summed E-state index contributed by atoms with van der Waals surface area (Å²) in [7, 11) is 0. The summed E-state index contributed by atoms with van der Waals surface area (Å²) < 4.78 is 37.6. The van der Waals surface area contributed by atoms with Crippen LogP contribution in [0.4, 0.5) is 8.78 Å². The van der Waals surface area contributed by atoms with Gasteiger partial charge in [0, 0.05) is 29.6 Å². The molecule has 1 atom stereocenters. The van der Waals surface area contributed by atoms with E-state index >= 15 is 0 Å². The molecule has 3 rings (SSSR count). The van der Waals surface area contributed by atoms with Crippen LogP contribution < -0.4 is 9.47 Å². The maximum atomic E-state index is 13.2. The molecule has 0 N–H and O–H groups in total. The van der Waals surface area contributed by atoms with Crippen molar-refractivity contribution in [1.29, 1.82) is 0 Å². The average molecular weight is 373 g/mol. The summed E-state index contributed by atoms with van der Waals surface area (Å²) in [4.78, 5) is 4.28. The van der Waals surface area contributed by atoms with E-state index < -0.39 is 11.6 Å². The molecule has 0 spiro atoms. The van der Waals surface area contributed by atoms with Gasteiger partial charge in [0.2, 0.25) is 0 Å². The minimum Gasteiger partial charge on any atom is -0.492 e. The maximum absolute atomic E-state index is 13.2. The Balaban J connectivity index is 1.52. The Hall–Kier alpha value is -2.60. The molecule has 0 saturated heterocycles. The van der Waals surface area contributed by atoms with Crippen LogP contribution in [0, 0.1) is 11.6 Å². The van der Waals surface area contributed by atoms with Gasteiger partial charge in [0.1, 0.15) is 35.5 Å². The van der Waals surface area contributed by atoms with Crippen molar-refractivity contribution < 1.29 is 18.3 Å². The number of hydrogen-bond acceptors (Lipinski definition) is 4. The van der Waals surface area contributed by atoms with Crippen molar-refractivity contribution in [3.05, 3.63) is 78.5 Å². The predicted molar refractivity (Wildman–Crippen MR) is 97.9 cm³/mol. The lowest BCUT2D eigenvalue weighted by Crippen LogP contribution is -2.10. The molecule has 0 saturated carbocycles. The van der Waals surface area contributed by atoms with E-state index in [9.17, 15) is 8.78 Å². The summed E-state index contributed by atoms with van der Waals surface area (Å²) >= 11 is 1.64. The van der Waals surface area contributed by atoms with Gasteiger partial charge in [-0.15, -0.1) is 0 Å². The monoisotopic (exact) mass is 373 g/mol. The van der Waals surface area contributed by atoms with E-state index in [-0.39, 0.29) is 11.0 Å². The van der Waals surface area contributed by atoms with Crippen LogP contribution in [0.1, 0.15) is 6.92 Å². The van der Waals surface area contributed by atoms with Gasteiger partial charge in [-0.2, -0.15) is 0 Å². The fourth-order valence-corrected chi connectivity index (χ4v) is 3.03. The molecule has 1 unspecified atom stereocenters. The summed E-state index contributed by atoms with van der Waals surface area (Å²) in [6.07, 6.45) is 1.76. The van der Waals surface area contributed by atoms with E-state index in [1.54, 1.807) is 42.2 Å². The highest BCUT2D eigenvalue weighted by atomic mass is 32.2. The Morgan fingerprint density at radius 3 is 2.27 bits per heavy atom. The number of nitrogens with zero attached hydrogens (tertiary/aromatic N) is 1. The minimum absolute atomic E-state index is 0.108. The highest BCUT2D eigenvalue weighted by Crippen LogP contribution is 2.26. The Labute approximate surface area is 155 Å². The van der Waals surface area contributed by atoms with E-state index in [1.807, 2.05) is 18.2 Å². The van der Waals surface area contributed by atoms with Crippen LogP contribution in [0.2, 0.25) is 0 Å². The van der Waals surface area contributed by atoms with Gasteiger partial charge in [-0.25, -0.2) is 13.8 Å². The zero-order valence-corrected chi connectivity index (χ0v) is 14.9. The third kappa shape index (κ3) is 5.46. The fraction of sp³-hybridized carbons (Fsp3) is 0.150. The van der Waals surface area contributed by atoms with Gasteiger partial charge in [-0.1, -0.05) is 17.8 Å². The second-order valence-corrected chi connectivity index (χ2v) is 7.04. The second-order valence-electron chi connectivity index (χ2n) is 5.59. The standard InChI is InChI=1S/C20H17F2NO2S/c1-14(26-20-4-2-3-9-23-20)13-24-17-5-7-18(8-6-17)25-19-11-15(21)10-16(22)12-19/h2-12,14H,13H2,1H3. The molecule has 0 fully saturated rings. The number of aromatic nitrogens is 1. The van der Waals surface area contributed by atoms with Crippen molar-refractivity contribution in [3.8, 4) is 17.2 Å². The van der Waals surface area contributed by atoms with Crippen molar-refractivity contribution >= 4 is 11.8 Å². The van der Waals surface area contributed by atoms with Crippen molar-refractivity contribution in [2.24, 2.45) is 0 Å². The van der Waals surface area contributed by atoms with Crippen molar-refractivity contribution in [2.75, 3.05) is 6.61 Å². The summed E-state index contributed by atoms with van der Waals surface area (Å²) in [5.41, 5.74) is 0. The van der Waals surface area contributed by atoms with E-state index in [4.69, 9.17) is 9.47 Å². The number of ether oxygens (including phenoxy) is 2. The Kier molecular flexibility index (Phi) is 6.07. The molecule has 0 bridgehead atoms. The number of hydrogen-bond donors (Lipinski definition) is 0. The molecule has 2 aromatic carbocycles. The van der Waals surface area contributed by atoms with Crippen LogP contribution in [0.15, 0.2) is 71.9 Å². The van der Waals surface area contributed by atoms with Crippen LogP contribution in [0.25, 0.3) is 0 Å². The lowest BCUT2D eigenvalue weighted by atomic mass is 10.3. The quantitative estimate of drug-likeness (QED) is 0.496. The van der Waals surface area contributed by atoms with E-state index in [0.717, 1.165) is 23.2 Å². The SMILES string of the molecule is CC(COc1ccc(Oc2cc(F)cc(F)c2)cc1)Sc1ccccn1. The topological polar surface area (TPSA) is 31.4 Å². The fourth-order valence-electron chi connectivity index (χ4n) is 2.20. The predicted octanol–water partition coefficient (Wildman–Crippen LogP) is 5.71. The first-order valence-electron chi connectivity index (χ1n) is 8.03. The molecule has 6 heteroatoms. The zero-order chi connectivity index (χ0) is 18.4. The third-order valence-electron chi connectivity index (χ3n) is 3.34. The molecule has 0 aliphatic rings. The lowest BCUT2D eigenvalue weighted by Gasteiger charge is -2.13. The molecule has 3 aromatic rings. The molecule has 134 valence electrons. The summed E-state index contributed by atoms with van der Waals surface area (Å²) in [6.45, 7) is 2.59. The summed E-state index contributed by atoms with van der Waals surface area (Å²) in [6, 6.07) is 15.7. The molecular formula is C20H17F2NO2S. The molecule has 0 aliphatic carbocycles. The van der Waals surface area contributed by atoms with E-state index in [2.05, 4.69) is 11.9 Å². The smallest absolute Gasteiger partial charge is 0.133 e. The second kappa shape index (κ2) is 8.67. The van der Waals surface area contributed by atoms with Crippen LogP contribution >= 0.6 is 11.8 Å². The molecule has 0 radical (unpaired) electrons. The van der Waals surface area contributed by atoms with Gasteiger partial charge >= 0.3 is 0 Å². The van der Waals surface area contributed by atoms with Gasteiger partial charge in [0.25, 0.3) is 0 Å². The number of thioether (sulfide) groups is 1. The van der Waals surface area contributed by atoms with Crippen LogP contribution in [0.5, 0.6) is 17.2 Å². The highest BCUT2D eigenvalue weighted by molar-refractivity contribution is 7.99. The molecule has 0 amide bonds. The summed E-state index contributed by atoms with van der Waals surface area (Å²) in [5, 5.41) is 1.19. The first-order chi connectivity index (χ1) is 12.6. The molecule has 1 heterocycles. The third-order valence-corrected chi connectivity index (χ3v) is 4.36. The van der Waals surface area contributed by atoms with E-state index in [0.29, 0.717) is 18.1 Å². The normalized spacial score (nSPS) is 11.8. The molecule has 0 aliphatic heterocycles. The molecule has 3 nitrogen and oxygen atoms in total. The molecular weight excluding hydrogens is 356 g/mol. The minimum atomic E-state index is -0.681. The average Bonchev–Trinajstić information content (AvgIpc) is 2.61. The number of rotatable bonds is 7. The van der Waals surface area contributed by atoms with E-state index in [1.165, 1.54) is 0 Å².